The maximum Gasteiger partial charge on any atom is 0.294 e. The minimum Gasteiger partial charge on any atom is -0.394 e. The van der Waals surface area contributed by atoms with Gasteiger partial charge in [0.15, 0.2) is 6.10 Å². The van der Waals surface area contributed by atoms with Gasteiger partial charge in [0.05, 0.1) is 13.2 Å². The summed E-state index contributed by atoms with van der Waals surface area (Å²) >= 11 is 0. The molecule has 0 radical (unpaired) electrons. The van der Waals surface area contributed by atoms with Gasteiger partial charge in [0, 0.05) is 0 Å². The van der Waals surface area contributed by atoms with E-state index < -0.39 is 30.0 Å². The zero-order valence-corrected chi connectivity index (χ0v) is 6.12. The van der Waals surface area contributed by atoms with Crippen molar-refractivity contribution in [2.75, 3.05) is 13.2 Å². The highest BCUT2D eigenvalue weighted by atomic mass is 17.0. The van der Waals surface area contributed by atoms with Crippen molar-refractivity contribution in [2.24, 2.45) is 0 Å². The normalized spacial score (nSPS) is 35.0. The number of rotatable bonds is 3. The molecule has 7 nitrogen and oxygen atoms in total. The summed E-state index contributed by atoms with van der Waals surface area (Å²) in [6, 6.07) is 0. The van der Waals surface area contributed by atoms with Crippen LogP contribution in [0, 0.1) is 10.1 Å². The minimum absolute atomic E-state index is 0.0519. The first kappa shape index (κ1) is 9.17. The largest absolute Gasteiger partial charge is 0.394 e. The number of hydrogen-bond donors (Lipinski definition) is 2. The predicted molar refractivity (Wildman–Crippen MR) is 34.7 cm³/mol. The van der Waals surface area contributed by atoms with Crippen LogP contribution in [0.3, 0.4) is 0 Å². The van der Waals surface area contributed by atoms with E-state index in [1.54, 1.807) is 0 Å². The van der Waals surface area contributed by atoms with Gasteiger partial charge in [-0.25, -0.2) is 0 Å². The molecule has 0 saturated carbocycles. The van der Waals surface area contributed by atoms with E-state index in [-0.39, 0.29) is 6.61 Å². The zero-order valence-electron chi connectivity index (χ0n) is 6.12. The maximum absolute atomic E-state index is 9.90. The van der Waals surface area contributed by atoms with Gasteiger partial charge >= 0.3 is 0 Å². The van der Waals surface area contributed by atoms with Gasteiger partial charge in [-0.15, -0.1) is 10.1 Å². The van der Waals surface area contributed by atoms with Gasteiger partial charge in [-0.1, -0.05) is 0 Å². The van der Waals surface area contributed by atoms with Gasteiger partial charge in [0.25, 0.3) is 5.09 Å². The SMILES string of the molecule is O=[N+]([O-])O[C@@H]1[C@@H](O)CO[C@@H]1CO. The Bertz CT molecular complexity index is 173. The fourth-order valence-corrected chi connectivity index (χ4v) is 1.05. The highest BCUT2D eigenvalue weighted by molar-refractivity contribution is 4.83. The summed E-state index contributed by atoms with van der Waals surface area (Å²) in [4.78, 5) is 14.0. The van der Waals surface area contributed by atoms with E-state index >= 15 is 0 Å². The molecule has 1 aliphatic heterocycles. The average Bonchev–Trinajstić information content (AvgIpc) is 2.32. The Labute approximate surface area is 67.6 Å². The van der Waals surface area contributed by atoms with Gasteiger partial charge in [-0.2, -0.15) is 0 Å². The number of ether oxygens (including phenoxy) is 1. The van der Waals surface area contributed by atoms with Crippen molar-refractivity contribution in [1.29, 1.82) is 0 Å². The molecule has 1 aliphatic rings. The Kier molecular flexibility index (Phi) is 2.79. The molecule has 7 heteroatoms. The van der Waals surface area contributed by atoms with E-state index in [0.717, 1.165) is 0 Å². The molecule has 70 valence electrons. The van der Waals surface area contributed by atoms with E-state index in [0.29, 0.717) is 0 Å². The summed E-state index contributed by atoms with van der Waals surface area (Å²) < 4.78 is 4.80. The standard InChI is InChI=1S/C5H9NO6/c7-1-4-5(12-6(9)10)3(8)2-11-4/h3-5,7-8H,1-2H2/t3-,4+,5+/m0/s1. The summed E-state index contributed by atoms with van der Waals surface area (Å²) in [5.41, 5.74) is 0. The maximum atomic E-state index is 9.90. The number of hydrogen-bond acceptors (Lipinski definition) is 6. The molecule has 1 rings (SSSR count). The lowest BCUT2D eigenvalue weighted by Gasteiger charge is -2.15. The molecule has 0 spiro atoms. The van der Waals surface area contributed by atoms with Crippen LogP contribution >= 0.6 is 0 Å². The Hall–Kier alpha value is -0.920. The van der Waals surface area contributed by atoms with Crippen LogP contribution in [0.1, 0.15) is 0 Å². The summed E-state index contributed by atoms with van der Waals surface area (Å²) in [5, 5.41) is 26.6. The van der Waals surface area contributed by atoms with Crippen LogP contribution in [-0.4, -0.2) is 46.8 Å². The van der Waals surface area contributed by atoms with E-state index in [4.69, 9.17) is 14.9 Å². The zero-order chi connectivity index (χ0) is 9.14. The van der Waals surface area contributed by atoms with Crippen LogP contribution in [0.15, 0.2) is 0 Å². The van der Waals surface area contributed by atoms with Crippen molar-refractivity contribution < 1.29 is 24.9 Å². The van der Waals surface area contributed by atoms with Crippen molar-refractivity contribution in [3.05, 3.63) is 10.1 Å². The van der Waals surface area contributed by atoms with Crippen LogP contribution in [-0.2, 0) is 9.57 Å². The van der Waals surface area contributed by atoms with Crippen LogP contribution in [0.25, 0.3) is 0 Å². The molecule has 1 saturated heterocycles. The van der Waals surface area contributed by atoms with E-state index in [9.17, 15) is 10.1 Å². The predicted octanol–water partition coefficient (Wildman–Crippen LogP) is -1.68. The molecule has 12 heavy (non-hydrogen) atoms. The third kappa shape index (κ3) is 1.81. The lowest BCUT2D eigenvalue weighted by molar-refractivity contribution is -0.771. The number of aliphatic hydroxyl groups excluding tert-OH is 2. The molecule has 0 unspecified atom stereocenters. The Morgan fingerprint density at radius 2 is 2.42 bits per heavy atom. The summed E-state index contributed by atoms with van der Waals surface area (Å²) in [7, 11) is 0. The molecule has 0 bridgehead atoms. The van der Waals surface area contributed by atoms with Crippen LogP contribution in [0.5, 0.6) is 0 Å². The third-order valence-corrected chi connectivity index (χ3v) is 1.61. The highest BCUT2D eigenvalue weighted by Gasteiger charge is 2.38. The molecule has 0 aromatic carbocycles. The Morgan fingerprint density at radius 3 is 2.92 bits per heavy atom. The average molecular weight is 179 g/mol. The first-order valence-electron chi connectivity index (χ1n) is 3.37. The lowest BCUT2D eigenvalue weighted by atomic mass is 10.2. The van der Waals surface area contributed by atoms with E-state index in [2.05, 4.69) is 4.84 Å². The van der Waals surface area contributed by atoms with Gasteiger partial charge in [-0.05, 0) is 0 Å². The second-order valence-electron chi connectivity index (χ2n) is 2.42. The Morgan fingerprint density at radius 1 is 1.75 bits per heavy atom. The number of aliphatic hydroxyl groups is 2. The third-order valence-electron chi connectivity index (χ3n) is 1.61. The molecule has 2 N–H and O–H groups in total. The molecule has 0 amide bonds. The van der Waals surface area contributed by atoms with Gasteiger partial charge in [0.1, 0.15) is 12.2 Å². The van der Waals surface area contributed by atoms with Crippen LogP contribution in [0.2, 0.25) is 0 Å². The lowest BCUT2D eigenvalue weighted by Crippen LogP contribution is -2.36. The molecule has 1 fully saturated rings. The second-order valence-corrected chi connectivity index (χ2v) is 2.42. The molecule has 1 heterocycles. The molecular weight excluding hydrogens is 170 g/mol. The van der Waals surface area contributed by atoms with Crippen molar-refractivity contribution in [1.82, 2.24) is 0 Å². The minimum atomic E-state index is -1.08. The van der Waals surface area contributed by atoms with Crippen molar-refractivity contribution in [3.63, 3.8) is 0 Å². The summed E-state index contributed by atoms with van der Waals surface area (Å²) in [6.07, 6.45) is -2.94. The highest BCUT2D eigenvalue weighted by Crippen LogP contribution is 2.17. The van der Waals surface area contributed by atoms with Crippen molar-refractivity contribution >= 4 is 0 Å². The van der Waals surface area contributed by atoms with Crippen LogP contribution in [0.4, 0.5) is 0 Å². The number of nitrogens with zero attached hydrogens (tertiary/aromatic N) is 1. The summed E-state index contributed by atoms with van der Waals surface area (Å²) in [6.45, 7) is -0.459. The molecule has 0 aromatic heterocycles. The second kappa shape index (κ2) is 3.65. The first-order chi connectivity index (χ1) is 5.65. The molecule has 0 aliphatic carbocycles. The molecule has 0 aromatic rings. The van der Waals surface area contributed by atoms with Crippen molar-refractivity contribution in [3.8, 4) is 0 Å². The van der Waals surface area contributed by atoms with Gasteiger partial charge in [0.2, 0.25) is 0 Å². The fraction of sp³-hybridized carbons (Fsp3) is 1.00. The topological polar surface area (TPSA) is 102 Å². The smallest absolute Gasteiger partial charge is 0.294 e. The Balaban J connectivity index is 2.51. The van der Waals surface area contributed by atoms with Gasteiger partial charge in [-0.3, -0.25) is 0 Å². The van der Waals surface area contributed by atoms with E-state index in [1.807, 2.05) is 0 Å². The monoisotopic (exact) mass is 179 g/mol. The van der Waals surface area contributed by atoms with E-state index in [1.165, 1.54) is 0 Å². The first-order valence-corrected chi connectivity index (χ1v) is 3.37. The quantitative estimate of drug-likeness (QED) is 0.396. The molecule has 3 atom stereocenters. The fourth-order valence-electron chi connectivity index (χ4n) is 1.05. The molecular formula is C5H9NO6. The summed E-state index contributed by atoms with van der Waals surface area (Å²) in [5.74, 6) is 0. The van der Waals surface area contributed by atoms with Crippen molar-refractivity contribution in [2.45, 2.75) is 18.3 Å². The van der Waals surface area contributed by atoms with Crippen LogP contribution < -0.4 is 0 Å². The van der Waals surface area contributed by atoms with Gasteiger partial charge < -0.3 is 19.8 Å².